The lowest BCUT2D eigenvalue weighted by atomic mass is 9.70. The molecular weight excluding hydrogens is 268 g/mol. The molecular formula is C17H22O4. The van der Waals surface area contributed by atoms with E-state index in [1.165, 1.54) is 0 Å². The van der Waals surface area contributed by atoms with E-state index < -0.39 is 17.6 Å². The fourth-order valence-electron chi connectivity index (χ4n) is 3.47. The number of aliphatic hydroxyl groups is 1. The molecule has 1 aliphatic carbocycles. The van der Waals surface area contributed by atoms with Gasteiger partial charge in [0.05, 0.1) is 18.6 Å². The van der Waals surface area contributed by atoms with Gasteiger partial charge >= 0.3 is 5.97 Å². The highest BCUT2D eigenvalue weighted by Crippen LogP contribution is 2.46. The number of rotatable bonds is 4. The lowest BCUT2D eigenvalue weighted by molar-refractivity contribution is -0.151. The molecule has 4 heteroatoms. The normalized spacial score (nSPS) is 27.8. The van der Waals surface area contributed by atoms with Gasteiger partial charge in [-0.05, 0) is 18.4 Å². The van der Waals surface area contributed by atoms with Gasteiger partial charge in [-0.2, -0.15) is 0 Å². The summed E-state index contributed by atoms with van der Waals surface area (Å²) in [6.45, 7) is 0.720. The van der Waals surface area contributed by atoms with Crippen LogP contribution in [-0.4, -0.2) is 29.9 Å². The number of hydrogen-bond donors (Lipinski definition) is 1. The minimum atomic E-state index is -0.735. The van der Waals surface area contributed by atoms with E-state index >= 15 is 0 Å². The van der Waals surface area contributed by atoms with Gasteiger partial charge in [0.25, 0.3) is 0 Å². The second-order valence-electron chi connectivity index (χ2n) is 6.11. The van der Waals surface area contributed by atoms with E-state index in [9.17, 15) is 9.90 Å². The number of benzene rings is 1. The van der Waals surface area contributed by atoms with Gasteiger partial charge in [-0.3, -0.25) is 4.79 Å². The van der Waals surface area contributed by atoms with Crippen LogP contribution in [0, 0.1) is 5.41 Å². The molecule has 1 N–H and O–H groups in total. The Balaban J connectivity index is 1.56. The Morgan fingerprint density at radius 2 is 1.90 bits per heavy atom. The number of cyclic esters (lactones) is 1. The maximum atomic E-state index is 12.2. The summed E-state index contributed by atoms with van der Waals surface area (Å²) in [5.41, 5.74) is 0.405. The summed E-state index contributed by atoms with van der Waals surface area (Å²) in [5.74, 6) is -0.233. The second kappa shape index (κ2) is 6.16. The highest BCUT2D eigenvalue weighted by atomic mass is 16.6. The summed E-state index contributed by atoms with van der Waals surface area (Å²) in [6, 6.07) is 9.85. The molecule has 0 amide bonds. The van der Waals surface area contributed by atoms with Crippen LogP contribution in [0.5, 0.6) is 0 Å². The largest absolute Gasteiger partial charge is 0.457 e. The van der Waals surface area contributed by atoms with Crippen LogP contribution in [0.25, 0.3) is 0 Å². The van der Waals surface area contributed by atoms with Crippen LogP contribution in [0.15, 0.2) is 30.3 Å². The van der Waals surface area contributed by atoms with E-state index in [-0.39, 0.29) is 12.6 Å². The maximum Gasteiger partial charge on any atom is 0.315 e. The van der Waals surface area contributed by atoms with Gasteiger partial charge < -0.3 is 14.6 Å². The van der Waals surface area contributed by atoms with Gasteiger partial charge in [-0.15, -0.1) is 0 Å². The van der Waals surface area contributed by atoms with Gasteiger partial charge in [0.2, 0.25) is 0 Å². The molecule has 1 saturated carbocycles. The van der Waals surface area contributed by atoms with Gasteiger partial charge in [-0.25, -0.2) is 0 Å². The highest BCUT2D eigenvalue weighted by molar-refractivity contribution is 5.80. The molecule has 1 saturated heterocycles. The Hall–Kier alpha value is -1.39. The number of esters is 1. The Morgan fingerprint density at radius 1 is 1.19 bits per heavy atom. The van der Waals surface area contributed by atoms with E-state index in [1.807, 2.05) is 30.3 Å². The summed E-state index contributed by atoms with van der Waals surface area (Å²) >= 11 is 0. The zero-order valence-electron chi connectivity index (χ0n) is 12.2. The molecule has 4 nitrogen and oxygen atoms in total. The zero-order valence-corrected chi connectivity index (χ0v) is 12.2. The molecule has 0 unspecified atom stereocenters. The second-order valence-corrected chi connectivity index (χ2v) is 6.11. The molecule has 21 heavy (non-hydrogen) atoms. The Kier molecular flexibility index (Phi) is 4.27. The smallest absolute Gasteiger partial charge is 0.315 e. The fraction of sp³-hybridized carbons (Fsp3) is 0.588. The van der Waals surface area contributed by atoms with Crippen molar-refractivity contribution in [2.75, 3.05) is 6.61 Å². The average Bonchev–Trinajstić information content (AvgIpc) is 2.74. The molecule has 114 valence electrons. The van der Waals surface area contributed by atoms with E-state index in [0.29, 0.717) is 6.61 Å². The third-order valence-electron chi connectivity index (χ3n) is 4.72. The molecule has 1 aliphatic heterocycles. The number of ether oxygens (including phenoxy) is 2. The Morgan fingerprint density at radius 3 is 2.62 bits per heavy atom. The van der Waals surface area contributed by atoms with Crippen LogP contribution in [-0.2, 0) is 20.9 Å². The SMILES string of the molecule is O=C1O[C@H](COCc2ccccc2)[C@@H](O)C12CCCCC2. The Labute approximate surface area is 125 Å². The third-order valence-corrected chi connectivity index (χ3v) is 4.72. The average molecular weight is 290 g/mol. The molecule has 1 aromatic rings. The van der Waals surface area contributed by atoms with Crippen LogP contribution in [0.4, 0.5) is 0 Å². The fourth-order valence-corrected chi connectivity index (χ4v) is 3.47. The molecule has 2 atom stereocenters. The first kappa shape index (κ1) is 14.5. The molecule has 0 aromatic heterocycles. The number of carbonyl (C=O) groups excluding carboxylic acids is 1. The summed E-state index contributed by atoms with van der Waals surface area (Å²) in [7, 11) is 0. The molecule has 2 fully saturated rings. The van der Waals surface area contributed by atoms with Crippen LogP contribution in [0.3, 0.4) is 0 Å². The van der Waals surface area contributed by atoms with Crippen molar-refractivity contribution in [1.29, 1.82) is 0 Å². The van der Waals surface area contributed by atoms with E-state index in [1.54, 1.807) is 0 Å². The van der Waals surface area contributed by atoms with Gasteiger partial charge in [-0.1, -0.05) is 49.6 Å². The first-order valence-corrected chi connectivity index (χ1v) is 7.73. The van der Waals surface area contributed by atoms with Crippen LogP contribution in [0.1, 0.15) is 37.7 Å². The van der Waals surface area contributed by atoms with Crippen molar-refractivity contribution >= 4 is 5.97 Å². The summed E-state index contributed by atoms with van der Waals surface area (Å²) in [4.78, 5) is 12.2. The molecule has 1 spiro atoms. The van der Waals surface area contributed by atoms with Crippen molar-refractivity contribution in [1.82, 2.24) is 0 Å². The zero-order chi connectivity index (χ0) is 14.7. The van der Waals surface area contributed by atoms with E-state index in [0.717, 1.165) is 37.7 Å². The van der Waals surface area contributed by atoms with Crippen molar-refractivity contribution in [3.05, 3.63) is 35.9 Å². The van der Waals surface area contributed by atoms with Gasteiger partial charge in [0, 0.05) is 0 Å². The summed E-state index contributed by atoms with van der Waals surface area (Å²) in [5, 5.41) is 10.5. The first-order valence-electron chi connectivity index (χ1n) is 7.73. The predicted octanol–water partition coefficient (Wildman–Crippen LogP) is 2.44. The van der Waals surface area contributed by atoms with Crippen molar-refractivity contribution in [2.45, 2.75) is 50.9 Å². The predicted molar refractivity (Wildman–Crippen MR) is 77.5 cm³/mol. The Bertz CT molecular complexity index is 479. The van der Waals surface area contributed by atoms with Crippen molar-refractivity contribution in [2.24, 2.45) is 5.41 Å². The number of aliphatic hydroxyl groups excluding tert-OH is 1. The van der Waals surface area contributed by atoms with E-state index in [4.69, 9.17) is 9.47 Å². The molecule has 3 rings (SSSR count). The summed E-state index contributed by atoms with van der Waals surface area (Å²) in [6.07, 6.45) is 3.33. The van der Waals surface area contributed by atoms with Crippen molar-refractivity contribution in [3.8, 4) is 0 Å². The molecule has 0 radical (unpaired) electrons. The van der Waals surface area contributed by atoms with Crippen LogP contribution >= 0.6 is 0 Å². The molecule has 0 bridgehead atoms. The number of carbonyl (C=O) groups is 1. The quantitative estimate of drug-likeness (QED) is 0.865. The monoisotopic (exact) mass is 290 g/mol. The number of hydrogen-bond acceptors (Lipinski definition) is 4. The maximum absolute atomic E-state index is 12.2. The van der Waals surface area contributed by atoms with Crippen LogP contribution < -0.4 is 0 Å². The van der Waals surface area contributed by atoms with Gasteiger partial charge in [0.1, 0.15) is 6.10 Å². The minimum Gasteiger partial charge on any atom is -0.457 e. The topological polar surface area (TPSA) is 55.8 Å². The molecule has 2 aliphatic rings. The lowest BCUT2D eigenvalue weighted by Crippen LogP contribution is -2.42. The van der Waals surface area contributed by atoms with Crippen molar-refractivity contribution < 1.29 is 19.4 Å². The molecule has 1 heterocycles. The highest BCUT2D eigenvalue weighted by Gasteiger charge is 2.56. The van der Waals surface area contributed by atoms with Crippen molar-refractivity contribution in [3.63, 3.8) is 0 Å². The molecule has 1 aromatic carbocycles. The lowest BCUT2D eigenvalue weighted by Gasteiger charge is -2.32. The van der Waals surface area contributed by atoms with Gasteiger partial charge in [0.15, 0.2) is 6.10 Å². The van der Waals surface area contributed by atoms with E-state index in [2.05, 4.69) is 0 Å². The van der Waals surface area contributed by atoms with Crippen LogP contribution in [0.2, 0.25) is 0 Å². The minimum absolute atomic E-state index is 0.233. The first-order chi connectivity index (χ1) is 10.2. The third kappa shape index (κ3) is 2.83. The standard InChI is InChI=1S/C17H22O4/c18-15-14(12-20-11-13-7-3-1-4-8-13)21-16(19)17(15)9-5-2-6-10-17/h1,3-4,7-8,14-15,18H,2,5-6,9-12H2/t14-,15-/m1/s1. The summed E-state index contributed by atoms with van der Waals surface area (Å²) < 4.78 is 11.0.